The van der Waals surface area contributed by atoms with Crippen molar-refractivity contribution in [3.05, 3.63) is 23.9 Å². The second-order valence-electron chi connectivity index (χ2n) is 4.09. The molecule has 0 saturated carbocycles. The maximum atomic E-state index is 5.87. The van der Waals surface area contributed by atoms with Crippen LogP contribution in [0, 0.1) is 0 Å². The number of hydrogen-bond donors (Lipinski definition) is 0. The molecule has 0 aromatic heterocycles. The van der Waals surface area contributed by atoms with E-state index in [1.165, 1.54) is 25.7 Å². The van der Waals surface area contributed by atoms with Crippen molar-refractivity contribution >= 4 is 8.32 Å². The molecule has 0 atom stereocenters. The van der Waals surface area contributed by atoms with Gasteiger partial charge in [0.25, 0.3) is 0 Å². The lowest BCUT2D eigenvalue weighted by molar-refractivity contribution is 0.357. The molecule has 0 bridgehead atoms. The second-order valence-corrected chi connectivity index (χ2v) is 8.04. The molecule has 0 spiro atoms. The van der Waals surface area contributed by atoms with Crippen molar-refractivity contribution in [3.8, 4) is 0 Å². The Hall–Kier alpha value is -0.343. The monoisotopic (exact) mass is 196 g/mol. The Balaban J connectivity index is 2.55. The number of rotatable bonds is 4. The molecule has 74 valence electrons. The lowest BCUT2D eigenvalue weighted by Gasteiger charge is -2.27. The van der Waals surface area contributed by atoms with Crippen LogP contribution >= 0.6 is 0 Å². The summed E-state index contributed by atoms with van der Waals surface area (Å²) in [6.07, 6.45) is 9.46. The van der Waals surface area contributed by atoms with Crippen LogP contribution in [0.1, 0.15) is 25.7 Å². The van der Waals surface area contributed by atoms with E-state index in [1.807, 2.05) is 6.08 Å². The molecule has 1 rings (SSSR count). The molecule has 0 unspecified atom stereocenters. The van der Waals surface area contributed by atoms with Crippen LogP contribution in [0.5, 0.6) is 0 Å². The molecule has 1 aliphatic carbocycles. The van der Waals surface area contributed by atoms with E-state index in [0.29, 0.717) is 6.61 Å². The third-order valence-corrected chi connectivity index (χ3v) is 5.52. The van der Waals surface area contributed by atoms with Crippen LogP contribution in [0.4, 0.5) is 0 Å². The topological polar surface area (TPSA) is 9.23 Å². The first kappa shape index (κ1) is 10.7. The van der Waals surface area contributed by atoms with Crippen LogP contribution in [0.3, 0.4) is 0 Å². The Labute approximate surface area is 82.6 Å². The van der Waals surface area contributed by atoms with E-state index >= 15 is 0 Å². The lowest BCUT2D eigenvalue weighted by Crippen LogP contribution is -2.34. The summed E-state index contributed by atoms with van der Waals surface area (Å²) < 4.78 is 5.87. The van der Waals surface area contributed by atoms with E-state index in [-0.39, 0.29) is 0 Å². The predicted molar refractivity (Wildman–Crippen MR) is 60.2 cm³/mol. The average molecular weight is 196 g/mol. The van der Waals surface area contributed by atoms with E-state index < -0.39 is 8.32 Å². The van der Waals surface area contributed by atoms with Crippen LogP contribution in [0.25, 0.3) is 0 Å². The number of allylic oxidation sites excluding steroid dienone is 2. The fourth-order valence-corrected chi connectivity index (χ4v) is 3.88. The van der Waals surface area contributed by atoms with Gasteiger partial charge in [0.05, 0.1) is 6.61 Å². The van der Waals surface area contributed by atoms with Crippen molar-refractivity contribution in [1.82, 2.24) is 0 Å². The van der Waals surface area contributed by atoms with Gasteiger partial charge in [-0.2, -0.15) is 0 Å². The maximum absolute atomic E-state index is 5.87. The summed E-state index contributed by atoms with van der Waals surface area (Å²) in [4.78, 5) is 0. The molecule has 13 heavy (non-hydrogen) atoms. The molecule has 0 fully saturated rings. The lowest BCUT2D eigenvalue weighted by atomic mass is 10.1. The summed E-state index contributed by atoms with van der Waals surface area (Å²) >= 11 is 0. The molecule has 0 radical (unpaired) electrons. The summed E-state index contributed by atoms with van der Waals surface area (Å²) in [5, 5.41) is 1.60. The molecule has 0 N–H and O–H groups in total. The molecule has 1 nitrogen and oxygen atoms in total. The molecular weight excluding hydrogens is 176 g/mol. The predicted octanol–water partition coefficient (Wildman–Crippen LogP) is 3.43. The SMILES string of the molecule is C=CCO[Si](C)(C)C1=CCCCC1. The molecule has 0 aromatic rings. The fourth-order valence-electron chi connectivity index (χ4n) is 1.74. The maximum Gasteiger partial charge on any atom is 0.214 e. The summed E-state index contributed by atoms with van der Waals surface area (Å²) in [5.41, 5.74) is 0. The van der Waals surface area contributed by atoms with Gasteiger partial charge in [-0.3, -0.25) is 0 Å². The summed E-state index contributed by atoms with van der Waals surface area (Å²) in [7, 11) is -1.53. The third-order valence-electron chi connectivity index (χ3n) is 2.63. The van der Waals surface area contributed by atoms with E-state index in [2.05, 4.69) is 25.7 Å². The van der Waals surface area contributed by atoms with E-state index in [1.54, 1.807) is 5.20 Å². The molecular formula is C11H20OSi. The Morgan fingerprint density at radius 1 is 1.54 bits per heavy atom. The van der Waals surface area contributed by atoms with Gasteiger partial charge in [-0.15, -0.1) is 6.58 Å². The van der Waals surface area contributed by atoms with Crippen molar-refractivity contribution in [2.75, 3.05) is 6.61 Å². The molecule has 0 heterocycles. The first-order valence-electron chi connectivity index (χ1n) is 5.11. The van der Waals surface area contributed by atoms with Crippen LogP contribution in [-0.4, -0.2) is 14.9 Å². The van der Waals surface area contributed by atoms with Crippen molar-refractivity contribution in [2.45, 2.75) is 38.8 Å². The average Bonchev–Trinajstić information content (AvgIpc) is 2.16. The Bertz CT molecular complexity index is 206. The van der Waals surface area contributed by atoms with E-state index in [9.17, 15) is 0 Å². The highest BCUT2D eigenvalue weighted by Gasteiger charge is 2.27. The van der Waals surface area contributed by atoms with Gasteiger partial charge in [-0.25, -0.2) is 0 Å². The van der Waals surface area contributed by atoms with Gasteiger partial charge in [0.15, 0.2) is 0 Å². The highest BCUT2D eigenvalue weighted by Crippen LogP contribution is 2.26. The fraction of sp³-hybridized carbons (Fsp3) is 0.636. The largest absolute Gasteiger partial charge is 0.410 e. The zero-order valence-corrected chi connectivity index (χ0v) is 9.81. The van der Waals surface area contributed by atoms with Gasteiger partial charge in [0, 0.05) is 0 Å². The summed E-state index contributed by atoms with van der Waals surface area (Å²) in [6, 6.07) is 0. The summed E-state index contributed by atoms with van der Waals surface area (Å²) in [6.45, 7) is 8.96. The first-order chi connectivity index (χ1) is 6.17. The smallest absolute Gasteiger partial charge is 0.214 e. The molecule has 2 heteroatoms. The first-order valence-corrected chi connectivity index (χ1v) is 8.02. The van der Waals surface area contributed by atoms with Crippen molar-refractivity contribution in [3.63, 3.8) is 0 Å². The highest BCUT2D eigenvalue weighted by molar-refractivity contribution is 6.78. The molecule has 0 saturated heterocycles. The molecule has 0 aliphatic heterocycles. The third kappa shape index (κ3) is 3.12. The van der Waals surface area contributed by atoms with Gasteiger partial charge >= 0.3 is 0 Å². The highest BCUT2D eigenvalue weighted by atomic mass is 28.4. The zero-order chi connectivity index (χ0) is 9.73. The van der Waals surface area contributed by atoms with Crippen LogP contribution in [-0.2, 0) is 4.43 Å². The van der Waals surface area contributed by atoms with Crippen LogP contribution < -0.4 is 0 Å². The van der Waals surface area contributed by atoms with Gasteiger partial charge in [-0.05, 0) is 38.8 Å². The minimum Gasteiger partial charge on any atom is -0.410 e. The van der Waals surface area contributed by atoms with Crippen LogP contribution in [0.2, 0.25) is 13.1 Å². The second kappa shape index (κ2) is 4.77. The van der Waals surface area contributed by atoms with Gasteiger partial charge in [0.1, 0.15) is 0 Å². The minimum absolute atomic E-state index is 0.705. The van der Waals surface area contributed by atoms with Crippen molar-refractivity contribution < 1.29 is 4.43 Å². The Morgan fingerprint density at radius 2 is 2.31 bits per heavy atom. The molecule has 0 aromatic carbocycles. The van der Waals surface area contributed by atoms with Crippen molar-refractivity contribution in [2.24, 2.45) is 0 Å². The van der Waals surface area contributed by atoms with Gasteiger partial charge < -0.3 is 4.43 Å². The van der Waals surface area contributed by atoms with Gasteiger partial charge in [0.2, 0.25) is 8.32 Å². The Morgan fingerprint density at radius 3 is 2.85 bits per heavy atom. The van der Waals surface area contributed by atoms with E-state index in [4.69, 9.17) is 4.43 Å². The normalized spacial score (nSPS) is 18.2. The summed E-state index contributed by atoms with van der Waals surface area (Å²) in [5.74, 6) is 0. The quantitative estimate of drug-likeness (QED) is 0.494. The minimum atomic E-state index is -1.53. The zero-order valence-electron chi connectivity index (χ0n) is 8.81. The Kier molecular flexibility index (Phi) is 3.94. The van der Waals surface area contributed by atoms with Crippen molar-refractivity contribution in [1.29, 1.82) is 0 Å². The van der Waals surface area contributed by atoms with E-state index in [0.717, 1.165) is 0 Å². The number of hydrogen-bond acceptors (Lipinski definition) is 1. The van der Waals surface area contributed by atoms with Gasteiger partial charge in [-0.1, -0.05) is 17.3 Å². The standard InChI is InChI=1S/C11H20OSi/c1-4-10-12-13(2,3)11-8-6-5-7-9-11/h4,8H,1,5-7,9-10H2,2-3H3. The molecule has 1 aliphatic rings. The van der Waals surface area contributed by atoms with Crippen LogP contribution in [0.15, 0.2) is 23.9 Å². The molecule has 0 amide bonds.